The van der Waals surface area contributed by atoms with Crippen LogP contribution >= 0.6 is 0 Å². The Bertz CT molecular complexity index is 319. The molecule has 0 aliphatic carbocycles. The highest BCUT2D eigenvalue weighted by atomic mass is 15.3. The van der Waals surface area contributed by atoms with E-state index in [1.54, 1.807) is 0 Å². The van der Waals surface area contributed by atoms with Crippen molar-refractivity contribution in [1.29, 1.82) is 0 Å². The van der Waals surface area contributed by atoms with Gasteiger partial charge in [0.25, 0.3) is 0 Å². The molecule has 21 heavy (non-hydrogen) atoms. The number of rotatable bonds is 4. The predicted molar refractivity (Wildman–Crippen MR) is 88.8 cm³/mol. The lowest BCUT2D eigenvalue weighted by molar-refractivity contribution is 0.0668. The summed E-state index contributed by atoms with van der Waals surface area (Å²) in [5, 5.41) is 3.47. The molecule has 0 radical (unpaired) electrons. The molecule has 122 valence electrons. The lowest BCUT2D eigenvalue weighted by Gasteiger charge is -2.43. The second-order valence-electron chi connectivity index (χ2n) is 7.82. The van der Waals surface area contributed by atoms with Crippen LogP contribution in [0.5, 0.6) is 0 Å². The first-order valence-corrected chi connectivity index (χ1v) is 9.07. The molecule has 1 N–H and O–H groups in total. The van der Waals surface area contributed by atoms with E-state index < -0.39 is 0 Å². The van der Waals surface area contributed by atoms with Crippen LogP contribution in [0.1, 0.15) is 39.5 Å². The van der Waals surface area contributed by atoms with Gasteiger partial charge in [-0.05, 0) is 52.7 Å². The van der Waals surface area contributed by atoms with Crippen LogP contribution in [0, 0.1) is 0 Å². The zero-order valence-corrected chi connectivity index (χ0v) is 14.1. The topological polar surface area (TPSA) is 21.8 Å². The van der Waals surface area contributed by atoms with Crippen LogP contribution in [0.15, 0.2) is 0 Å². The Morgan fingerprint density at radius 2 is 1.67 bits per heavy atom. The van der Waals surface area contributed by atoms with Crippen molar-refractivity contribution in [2.24, 2.45) is 0 Å². The molecule has 0 aromatic carbocycles. The molecular formula is C17H34N4. The number of hydrogen-bond donors (Lipinski definition) is 1. The van der Waals surface area contributed by atoms with Crippen LogP contribution in [0.3, 0.4) is 0 Å². The molecule has 4 heteroatoms. The van der Waals surface area contributed by atoms with Crippen LogP contribution in [-0.4, -0.2) is 85.2 Å². The highest BCUT2D eigenvalue weighted by molar-refractivity contribution is 4.92. The quantitative estimate of drug-likeness (QED) is 0.842. The summed E-state index contributed by atoms with van der Waals surface area (Å²) in [6, 6.07) is 0.837. The van der Waals surface area contributed by atoms with Gasteiger partial charge in [-0.25, -0.2) is 0 Å². The smallest absolute Gasteiger partial charge is 0.0281 e. The van der Waals surface area contributed by atoms with Crippen LogP contribution in [0.25, 0.3) is 0 Å². The van der Waals surface area contributed by atoms with Gasteiger partial charge < -0.3 is 5.32 Å². The predicted octanol–water partition coefficient (Wildman–Crippen LogP) is 1.23. The number of nitrogens with one attached hydrogen (secondary N) is 1. The van der Waals surface area contributed by atoms with Gasteiger partial charge in [0.1, 0.15) is 0 Å². The SMILES string of the molecule is CC(C)(CN1CCC(N2CCCCC2)C1)N1CCNCC1. The highest BCUT2D eigenvalue weighted by Crippen LogP contribution is 2.23. The van der Waals surface area contributed by atoms with Gasteiger partial charge in [0.15, 0.2) is 0 Å². The zero-order valence-electron chi connectivity index (χ0n) is 14.1. The first kappa shape index (κ1) is 15.7. The summed E-state index contributed by atoms with van der Waals surface area (Å²) in [7, 11) is 0. The average molecular weight is 294 g/mol. The molecule has 3 aliphatic heterocycles. The van der Waals surface area contributed by atoms with E-state index in [0.29, 0.717) is 5.54 Å². The summed E-state index contributed by atoms with van der Waals surface area (Å²) >= 11 is 0. The van der Waals surface area contributed by atoms with Crippen molar-refractivity contribution in [1.82, 2.24) is 20.0 Å². The summed E-state index contributed by atoms with van der Waals surface area (Å²) < 4.78 is 0. The normalized spacial score (nSPS) is 30.9. The molecule has 3 fully saturated rings. The largest absolute Gasteiger partial charge is 0.314 e. The number of piperazine rings is 1. The fourth-order valence-electron chi connectivity index (χ4n) is 4.45. The molecule has 0 aromatic heterocycles. The van der Waals surface area contributed by atoms with Gasteiger partial charge in [0, 0.05) is 50.8 Å². The Balaban J connectivity index is 1.49. The molecule has 1 unspecified atom stereocenters. The first-order valence-electron chi connectivity index (χ1n) is 9.07. The van der Waals surface area contributed by atoms with E-state index in [2.05, 4.69) is 33.9 Å². The van der Waals surface area contributed by atoms with Gasteiger partial charge in [0.2, 0.25) is 0 Å². The van der Waals surface area contributed by atoms with Crippen LogP contribution in [0.4, 0.5) is 0 Å². The van der Waals surface area contributed by atoms with Crippen molar-refractivity contribution in [2.45, 2.75) is 51.1 Å². The number of nitrogens with zero attached hydrogens (tertiary/aromatic N) is 3. The fourth-order valence-corrected chi connectivity index (χ4v) is 4.45. The maximum atomic E-state index is 3.47. The minimum absolute atomic E-state index is 0.318. The molecule has 0 amide bonds. The molecule has 0 saturated carbocycles. The van der Waals surface area contributed by atoms with Crippen LogP contribution in [0.2, 0.25) is 0 Å². The minimum atomic E-state index is 0.318. The van der Waals surface area contributed by atoms with Crippen molar-refractivity contribution in [3.8, 4) is 0 Å². The molecule has 3 rings (SSSR count). The molecular weight excluding hydrogens is 260 g/mol. The van der Waals surface area contributed by atoms with Gasteiger partial charge in [-0.15, -0.1) is 0 Å². The van der Waals surface area contributed by atoms with Crippen molar-refractivity contribution in [3.05, 3.63) is 0 Å². The van der Waals surface area contributed by atoms with E-state index in [0.717, 1.165) is 19.1 Å². The standard InChI is InChI=1S/C17H34N4/c1-17(2,21-12-7-18-8-13-21)15-19-11-6-16(14-19)20-9-4-3-5-10-20/h16,18H,3-15H2,1-2H3. The summed E-state index contributed by atoms with van der Waals surface area (Å²) in [6.45, 7) is 16.1. The van der Waals surface area contributed by atoms with Gasteiger partial charge in [0.05, 0.1) is 0 Å². The molecule has 3 heterocycles. The van der Waals surface area contributed by atoms with Crippen LogP contribution < -0.4 is 5.32 Å². The third kappa shape index (κ3) is 3.98. The Morgan fingerprint density at radius 1 is 0.952 bits per heavy atom. The van der Waals surface area contributed by atoms with Crippen molar-refractivity contribution >= 4 is 0 Å². The van der Waals surface area contributed by atoms with Crippen LogP contribution in [-0.2, 0) is 0 Å². The Kier molecular flexibility index (Phi) is 5.20. The van der Waals surface area contributed by atoms with Gasteiger partial charge in [-0.3, -0.25) is 14.7 Å². The molecule has 3 aliphatic rings. The second kappa shape index (κ2) is 6.95. The fraction of sp³-hybridized carbons (Fsp3) is 1.00. The van der Waals surface area contributed by atoms with Crippen molar-refractivity contribution < 1.29 is 0 Å². The molecule has 4 nitrogen and oxygen atoms in total. The molecule has 3 saturated heterocycles. The van der Waals surface area contributed by atoms with E-state index >= 15 is 0 Å². The monoisotopic (exact) mass is 294 g/mol. The Hall–Kier alpha value is -0.160. The number of hydrogen-bond acceptors (Lipinski definition) is 4. The molecule has 0 spiro atoms. The Morgan fingerprint density at radius 3 is 2.38 bits per heavy atom. The first-order chi connectivity index (χ1) is 10.1. The van der Waals surface area contributed by atoms with E-state index in [4.69, 9.17) is 0 Å². The maximum Gasteiger partial charge on any atom is 0.0281 e. The number of likely N-dealkylation sites (tertiary alicyclic amines) is 2. The summed E-state index contributed by atoms with van der Waals surface area (Å²) in [4.78, 5) is 8.17. The van der Waals surface area contributed by atoms with Gasteiger partial charge >= 0.3 is 0 Å². The van der Waals surface area contributed by atoms with E-state index in [1.165, 1.54) is 71.5 Å². The molecule has 0 aromatic rings. The number of piperidine rings is 1. The lowest BCUT2D eigenvalue weighted by atomic mass is 10.0. The lowest BCUT2D eigenvalue weighted by Crippen LogP contribution is -2.57. The minimum Gasteiger partial charge on any atom is -0.314 e. The van der Waals surface area contributed by atoms with Gasteiger partial charge in [-0.2, -0.15) is 0 Å². The zero-order chi connectivity index (χ0) is 14.7. The van der Waals surface area contributed by atoms with E-state index in [1.807, 2.05) is 0 Å². The summed E-state index contributed by atoms with van der Waals surface area (Å²) in [5.74, 6) is 0. The average Bonchev–Trinajstić information content (AvgIpc) is 2.97. The highest BCUT2D eigenvalue weighted by Gasteiger charge is 2.34. The van der Waals surface area contributed by atoms with E-state index in [9.17, 15) is 0 Å². The summed E-state index contributed by atoms with van der Waals surface area (Å²) in [5.41, 5.74) is 0.318. The maximum absolute atomic E-state index is 3.47. The van der Waals surface area contributed by atoms with E-state index in [-0.39, 0.29) is 0 Å². The third-order valence-electron chi connectivity index (χ3n) is 5.74. The second-order valence-corrected chi connectivity index (χ2v) is 7.82. The Labute approximate surface area is 130 Å². The summed E-state index contributed by atoms with van der Waals surface area (Å²) in [6.07, 6.45) is 5.67. The molecule has 0 bridgehead atoms. The third-order valence-corrected chi connectivity index (χ3v) is 5.74. The molecule has 1 atom stereocenters. The van der Waals surface area contributed by atoms with Gasteiger partial charge in [-0.1, -0.05) is 6.42 Å². The van der Waals surface area contributed by atoms with Crippen molar-refractivity contribution in [2.75, 3.05) is 58.9 Å². The van der Waals surface area contributed by atoms with Crippen molar-refractivity contribution in [3.63, 3.8) is 0 Å².